The number of rotatable bonds is 4. The van der Waals surface area contributed by atoms with E-state index in [-0.39, 0.29) is 11.3 Å². The highest BCUT2D eigenvalue weighted by Gasteiger charge is 2.35. The lowest BCUT2D eigenvalue weighted by atomic mass is 9.79. The summed E-state index contributed by atoms with van der Waals surface area (Å²) in [7, 11) is 0. The molecule has 1 aliphatic rings. The molecule has 1 N–H and O–H groups in total. The summed E-state index contributed by atoms with van der Waals surface area (Å²) in [4.78, 5) is 12.1. The van der Waals surface area contributed by atoms with E-state index in [9.17, 15) is 4.79 Å². The van der Waals surface area contributed by atoms with Crippen molar-refractivity contribution in [3.63, 3.8) is 0 Å². The molecule has 104 valence electrons. The van der Waals surface area contributed by atoms with E-state index in [0.29, 0.717) is 0 Å². The van der Waals surface area contributed by atoms with E-state index in [1.165, 1.54) is 31.2 Å². The molecular formula is C17H19NOS. The Balaban J connectivity index is 1.74. The average Bonchev–Trinajstić information content (AvgIpc) is 3.18. The number of thiophene rings is 1. The first-order valence-corrected chi connectivity index (χ1v) is 8.10. The van der Waals surface area contributed by atoms with Gasteiger partial charge in [-0.15, -0.1) is 0 Å². The van der Waals surface area contributed by atoms with Gasteiger partial charge in [0.05, 0.1) is 0 Å². The molecule has 0 saturated heterocycles. The normalized spacial score (nSPS) is 17.0. The number of benzene rings is 1. The Morgan fingerprint density at radius 2 is 1.90 bits per heavy atom. The lowest BCUT2D eigenvalue weighted by molar-refractivity contribution is 0.0943. The van der Waals surface area contributed by atoms with Crippen LogP contribution in [0.1, 0.15) is 41.6 Å². The molecule has 3 heteroatoms. The third kappa shape index (κ3) is 2.63. The molecule has 1 heterocycles. The molecule has 2 nitrogen and oxygen atoms in total. The van der Waals surface area contributed by atoms with E-state index >= 15 is 0 Å². The Morgan fingerprint density at radius 1 is 1.15 bits per heavy atom. The molecule has 0 atom stereocenters. The summed E-state index contributed by atoms with van der Waals surface area (Å²) in [6, 6.07) is 12.5. The lowest BCUT2D eigenvalue weighted by Gasteiger charge is -2.30. The Kier molecular flexibility index (Phi) is 3.88. The summed E-state index contributed by atoms with van der Waals surface area (Å²) >= 11 is 1.56. The van der Waals surface area contributed by atoms with Crippen LogP contribution < -0.4 is 5.32 Å². The fourth-order valence-corrected chi connectivity index (χ4v) is 3.79. The Hall–Kier alpha value is -1.61. The van der Waals surface area contributed by atoms with Crippen LogP contribution in [0.2, 0.25) is 0 Å². The summed E-state index contributed by atoms with van der Waals surface area (Å²) < 4.78 is 0. The van der Waals surface area contributed by atoms with Crippen molar-refractivity contribution in [1.29, 1.82) is 0 Å². The van der Waals surface area contributed by atoms with Crippen molar-refractivity contribution in [2.75, 3.05) is 6.54 Å². The number of carbonyl (C=O) groups is 1. The highest BCUT2D eigenvalue weighted by Crippen LogP contribution is 2.40. The fraction of sp³-hybridized carbons (Fsp3) is 0.353. The van der Waals surface area contributed by atoms with Crippen LogP contribution in [0.5, 0.6) is 0 Å². The van der Waals surface area contributed by atoms with Crippen LogP contribution in [-0.4, -0.2) is 12.5 Å². The minimum atomic E-state index is 0.0495. The van der Waals surface area contributed by atoms with Gasteiger partial charge in [0.2, 0.25) is 0 Å². The van der Waals surface area contributed by atoms with Crippen LogP contribution in [0.25, 0.3) is 0 Å². The first-order chi connectivity index (χ1) is 9.80. The maximum Gasteiger partial charge on any atom is 0.252 e. The quantitative estimate of drug-likeness (QED) is 0.904. The summed E-state index contributed by atoms with van der Waals surface area (Å²) in [5.41, 5.74) is 2.27. The number of amides is 1. The van der Waals surface area contributed by atoms with Crippen LogP contribution in [0.15, 0.2) is 47.2 Å². The van der Waals surface area contributed by atoms with Gasteiger partial charge in [-0.2, -0.15) is 11.3 Å². The molecule has 1 aliphatic carbocycles. The van der Waals surface area contributed by atoms with Crippen LogP contribution in [0.4, 0.5) is 0 Å². The molecule has 1 amide bonds. The number of nitrogens with one attached hydrogen (secondary N) is 1. The highest BCUT2D eigenvalue weighted by atomic mass is 32.1. The van der Waals surface area contributed by atoms with Crippen LogP contribution in [0.3, 0.4) is 0 Å². The predicted octanol–water partition coefficient (Wildman–Crippen LogP) is 3.99. The van der Waals surface area contributed by atoms with E-state index in [1.807, 2.05) is 16.8 Å². The van der Waals surface area contributed by atoms with Crippen molar-refractivity contribution in [3.8, 4) is 0 Å². The van der Waals surface area contributed by atoms with E-state index in [4.69, 9.17) is 0 Å². The molecule has 0 aliphatic heterocycles. The maximum atomic E-state index is 12.1. The summed E-state index contributed by atoms with van der Waals surface area (Å²) in [6.07, 6.45) is 4.84. The second-order valence-electron chi connectivity index (χ2n) is 5.55. The maximum absolute atomic E-state index is 12.1. The van der Waals surface area contributed by atoms with Gasteiger partial charge in [-0.05, 0) is 29.9 Å². The van der Waals surface area contributed by atoms with Crippen molar-refractivity contribution in [3.05, 3.63) is 58.3 Å². The van der Waals surface area contributed by atoms with Crippen molar-refractivity contribution in [2.24, 2.45) is 0 Å². The van der Waals surface area contributed by atoms with Crippen molar-refractivity contribution in [1.82, 2.24) is 5.32 Å². The Bertz CT molecular complexity index is 556. The average molecular weight is 285 g/mol. The molecule has 20 heavy (non-hydrogen) atoms. The molecule has 1 aromatic heterocycles. The Morgan fingerprint density at radius 3 is 2.55 bits per heavy atom. The molecule has 0 unspecified atom stereocenters. The van der Waals surface area contributed by atoms with E-state index < -0.39 is 0 Å². The molecule has 0 radical (unpaired) electrons. The van der Waals surface area contributed by atoms with Crippen LogP contribution >= 0.6 is 11.3 Å². The molecule has 0 spiro atoms. The van der Waals surface area contributed by atoms with E-state index in [0.717, 1.165) is 12.1 Å². The number of hydrogen-bond donors (Lipinski definition) is 1. The molecule has 2 aromatic rings. The van der Waals surface area contributed by atoms with Gasteiger partial charge in [0.15, 0.2) is 0 Å². The standard InChI is InChI=1S/C17H19NOS/c19-16(14-8-11-20-12-14)18-13-17(9-4-5-10-17)15-6-2-1-3-7-15/h1-3,6-8,11-12H,4-5,9-10,13H2,(H,18,19). The molecule has 1 fully saturated rings. The zero-order valence-corrected chi connectivity index (χ0v) is 12.3. The number of hydrogen-bond acceptors (Lipinski definition) is 2. The van der Waals surface area contributed by atoms with Crippen molar-refractivity contribution in [2.45, 2.75) is 31.1 Å². The molecule has 0 bridgehead atoms. The third-order valence-corrected chi connectivity index (χ3v) is 5.00. The van der Waals surface area contributed by atoms with Gasteiger partial charge in [0.1, 0.15) is 0 Å². The first kappa shape index (κ1) is 13.4. The van der Waals surface area contributed by atoms with Crippen LogP contribution in [-0.2, 0) is 5.41 Å². The Labute approximate surface area is 123 Å². The zero-order chi connectivity index (χ0) is 13.8. The highest BCUT2D eigenvalue weighted by molar-refractivity contribution is 7.08. The van der Waals surface area contributed by atoms with Crippen LogP contribution in [0, 0.1) is 0 Å². The van der Waals surface area contributed by atoms with Gasteiger partial charge < -0.3 is 5.32 Å². The van der Waals surface area contributed by atoms with Gasteiger partial charge in [0.25, 0.3) is 5.91 Å². The molecule has 3 rings (SSSR count). The molecule has 1 aromatic carbocycles. The second-order valence-corrected chi connectivity index (χ2v) is 6.33. The van der Waals surface area contributed by atoms with E-state index in [2.05, 4.69) is 35.6 Å². The van der Waals surface area contributed by atoms with Crippen molar-refractivity contribution < 1.29 is 4.79 Å². The lowest BCUT2D eigenvalue weighted by Crippen LogP contribution is -2.38. The van der Waals surface area contributed by atoms with Gasteiger partial charge in [0, 0.05) is 22.9 Å². The summed E-state index contributed by atoms with van der Waals surface area (Å²) in [5.74, 6) is 0.0495. The summed E-state index contributed by atoms with van der Waals surface area (Å²) in [5, 5.41) is 6.98. The van der Waals surface area contributed by atoms with Gasteiger partial charge in [-0.3, -0.25) is 4.79 Å². The minimum absolute atomic E-state index is 0.0495. The molecule has 1 saturated carbocycles. The first-order valence-electron chi connectivity index (χ1n) is 7.16. The van der Waals surface area contributed by atoms with Gasteiger partial charge in [-0.25, -0.2) is 0 Å². The van der Waals surface area contributed by atoms with Crippen molar-refractivity contribution >= 4 is 17.2 Å². The smallest absolute Gasteiger partial charge is 0.252 e. The molecular weight excluding hydrogens is 266 g/mol. The predicted molar refractivity (Wildman–Crippen MR) is 83.2 cm³/mol. The third-order valence-electron chi connectivity index (χ3n) is 4.32. The van der Waals surface area contributed by atoms with Gasteiger partial charge in [-0.1, -0.05) is 43.2 Å². The summed E-state index contributed by atoms with van der Waals surface area (Å²) in [6.45, 7) is 0.742. The minimum Gasteiger partial charge on any atom is -0.351 e. The second kappa shape index (κ2) is 5.80. The van der Waals surface area contributed by atoms with E-state index in [1.54, 1.807) is 11.3 Å². The zero-order valence-electron chi connectivity index (χ0n) is 11.5. The topological polar surface area (TPSA) is 29.1 Å². The fourth-order valence-electron chi connectivity index (χ4n) is 3.16. The SMILES string of the molecule is O=C(NCC1(c2ccccc2)CCCC1)c1ccsc1. The van der Waals surface area contributed by atoms with Gasteiger partial charge >= 0.3 is 0 Å². The largest absolute Gasteiger partial charge is 0.351 e. The monoisotopic (exact) mass is 285 g/mol. The number of carbonyl (C=O) groups excluding carboxylic acids is 1.